The zero-order chi connectivity index (χ0) is 22.2. The zero-order valence-corrected chi connectivity index (χ0v) is 19.6. The molecule has 0 radical (unpaired) electrons. The Bertz CT molecular complexity index is 687. The number of aryl methyl sites for hydroxylation is 1. The summed E-state index contributed by atoms with van der Waals surface area (Å²) in [6.45, 7) is 4.82. The lowest BCUT2D eigenvalue weighted by molar-refractivity contribution is 0.248. The molecule has 1 aromatic carbocycles. The van der Waals surface area contributed by atoms with Gasteiger partial charge in [0.25, 0.3) is 0 Å². The van der Waals surface area contributed by atoms with Crippen molar-refractivity contribution in [1.29, 1.82) is 0 Å². The van der Waals surface area contributed by atoms with Crippen LogP contribution in [0.1, 0.15) is 96.5 Å². The molecule has 0 aliphatic heterocycles. The van der Waals surface area contributed by atoms with E-state index in [2.05, 4.69) is 16.9 Å². The number of ether oxygens (including phenoxy) is 1. The third-order valence-corrected chi connectivity index (χ3v) is 5.67. The minimum atomic E-state index is -0.702. The average molecular weight is 429 g/mol. The van der Waals surface area contributed by atoms with E-state index in [0.29, 0.717) is 19.4 Å². The average Bonchev–Trinajstić information content (AvgIpc) is 2.79. The molecule has 0 fully saturated rings. The largest absolute Gasteiger partial charge is 0.494 e. The van der Waals surface area contributed by atoms with Crippen LogP contribution in [-0.2, 0) is 6.42 Å². The van der Waals surface area contributed by atoms with Gasteiger partial charge in [0, 0.05) is 18.0 Å². The first kappa shape index (κ1) is 25.3. The van der Waals surface area contributed by atoms with E-state index >= 15 is 0 Å². The molecular weight excluding hydrogens is 387 g/mol. The predicted octanol–water partition coefficient (Wildman–Crippen LogP) is 8.12. The smallest absolute Gasteiger partial charge is 0.159 e. The van der Waals surface area contributed by atoms with Crippen molar-refractivity contribution in [1.82, 2.24) is 9.97 Å². The Morgan fingerprint density at radius 1 is 0.774 bits per heavy atom. The van der Waals surface area contributed by atoms with Gasteiger partial charge in [-0.3, -0.25) is 0 Å². The van der Waals surface area contributed by atoms with Crippen LogP contribution in [-0.4, -0.2) is 22.7 Å². The van der Waals surface area contributed by atoms with Crippen LogP contribution in [0.25, 0.3) is 11.4 Å². The first-order valence-corrected chi connectivity index (χ1v) is 12.4. The monoisotopic (exact) mass is 428 g/mol. The van der Waals surface area contributed by atoms with Crippen molar-refractivity contribution in [3.05, 3.63) is 42.2 Å². The molecule has 1 heterocycles. The second kappa shape index (κ2) is 15.8. The molecule has 0 saturated heterocycles. The molecule has 1 aromatic heterocycles. The number of benzene rings is 1. The number of halogens is 1. The molecule has 2 rings (SSSR count). The maximum Gasteiger partial charge on any atom is 0.159 e. The Hall–Kier alpha value is -1.97. The first-order valence-electron chi connectivity index (χ1n) is 12.4. The topological polar surface area (TPSA) is 35.0 Å². The Morgan fingerprint density at radius 3 is 2.06 bits per heavy atom. The molecule has 0 aliphatic rings. The van der Waals surface area contributed by atoms with Crippen molar-refractivity contribution < 1.29 is 9.13 Å². The van der Waals surface area contributed by atoms with Crippen molar-refractivity contribution in [2.45, 2.75) is 103 Å². The predicted molar refractivity (Wildman–Crippen MR) is 128 cm³/mol. The molecule has 0 aliphatic carbocycles. The van der Waals surface area contributed by atoms with Gasteiger partial charge in [-0.05, 0) is 61.9 Å². The van der Waals surface area contributed by atoms with Crippen molar-refractivity contribution >= 4 is 0 Å². The summed E-state index contributed by atoms with van der Waals surface area (Å²) in [6, 6.07) is 7.84. The van der Waals surface area contributed by atoms with Crippen LogP contribution in [0, 0.1) is 0 Å². The Balaban J connectivity index is 1.66. The second-order valence-electron chi connectivity index (χ2n) is 8.54. The lowest BCUT2D eigenvalue weighted by atomic mass is 10.1. The van der Waals surface area contributed by atoms with Gasteiger partial charge < -0.3 is 4.74 Å². The van der Waals surface area contributed by atoms with E-state index in [1.165, 1.54) is 56.9 Å². The summed E-state index contributed by atoms with van der Waals surface area (Å²) in [5.41, 5.74) is 2.20. The third kappa shape index (κ3) is 10.8. The van der Waals surface area contributed by atoms with Gasteiger partial charge in [0.1, 0.15) is 11.9 Å². The third-order valence-electron chi connectivity index (χ3n) is 5.67. The standard InChI is InChI=1S/C27H41FN2O/c1-3-5-6-7-8-9-10-11-14-23-21-29-27(30-22-23)24-16-18-26(19-17-24)31-20-12-15-25(28)13-4-2/h16-19,21-22,25H,3-15,20H2,1-2H3. The van der Waals surface area contributed by atoms with Gasteiger partial charge in [-0.25, -0.2) is 14.4 Å². The lowest BCUT2D eigenvalue weighted by Crippen LogP contribution is -2.04. The molecule has 172 valence electrons. The SMILES string of the molecule is CCCCCCCCCCc1cnc(-c2ccc(OCCCC(F)CCC)cc2)nc1. The summed E-state index contributed by atoms with van der Waals surface area (Å²) in [7, 11) is 0. The number of alkyl halides is 1. The van der Waals surface area contributed by atoms with E-state index < -0.39 is 6.17 Å². The van der Waals surface area contributed by atoms with E-state index in [9.17, 15) is 4.39 Å². The van der Waals surface area contributed by atoms with Gasteiger partial charge in [-0.2, -0.15) is 0 Å². The van der Waals surface area contributed by atoms with Crippen LogP contribution in [0.5, 0.6) is 5.75 Å². The quantitative estimate of drug-likeness (QED) is 0.239. The molecule has 0 bridgehead atoms. The van der Waals surface area contributed by atoms with Crippen LogP contribution in [0.2, 0.25) is 0 Å². The number of unbranched alkanes of at least 4 members (excludes halogenated alkanes) is 7. The van der Waals surface area contributed by atoms with Gasteiger partial charge in [0.05, 0.1) is 6.61 Å². The highest BCUT2D eigenvalue weighted by atomic mass is 19.1. The van der Waals surface area contributed by atoms with Gasteiger partial charge in [0.2, 0.25) is 0 Å². The highest BCUT2D eigenvalue weighted by Crippen LogP contribution is 2.20. The minimum absolute atomic E-state index is 0.549. The van der Waals surface area contributed by atoms with E-state index in [-0.39, 0.29) is 0 Å². The van der Waals surface area contributed by atoms with Crippen LogP contribution < -0.4 is 4.74 Å². The Kier molecular flexibility index (Phi) is 12.9. The second-order valence-corrected chi connectivity index (χ2v) is 8.54. The molecule has 0 N–H and O–H groups in total. The number of aromatic nitrogens is 2. The summed E-state index contributed by atoms with van der Waals surface area (Å²) in [6.07, 6.45) is 17.8. The van der Waals surface area contributed by atoms with Crippen LogP contribution >= 0.6 is 0 Å². The normalized spacial score (nSPS) is 12.1. The highest BCUT2D eigenvalue weighted by Gasteiger charge is 2.06. The van der Waals surface area contributed by atoms with Crippen molar-refractivity contribution in [3.8, 4) is 17.1 Å². The zero-order valence-electron chi connectivity index (χ0n) is 19.6. The molecule has 2 aromatic rings. The summed E-state index contributed by atoms with van der Waals surface area (Å²) < 4.78 is 19.2. The maximum absolute atomic E-state index is 13.5. The summed E-state index contributed by atoms with van der Waals surface area (Å²) in [4.78, 5) is 9.09. The summed E-state index contributed by atoms with van der Waals surface area (Å²) >= 11 is 0. The minimum Gasteiger partial charge on any atom is -0.494 e. The molecule has 0 saturated carbocycles. The van der Waals surface area contributed by atoms with Gasteiger partial charge in [0.15, 0.2) is 5.82 Å². The highest BCUT2D eigenvalue weighted by molar-refractivity contribution is 5.55. The molecule has 0 spiro atoms. The Labute approximate surface area is 188 Å². The van der Waals surface area contributed by atoms with E-state index in [4.69, 9.17) is 4.74 Å². The summed E-state index contributed by atoms with van der Waals surface area (Å²) in [5, 5.41) is 0. The van der Waals surface area contributed by atoms with Crippen LogP contribution in [0.3, 0.4) is 0 Å². The number of hydrogen-bond donors (Lipinski definition) is 0. The van der Waals surface area contributed by atoms with Gasteiger partial charge in [-0.1, -0.05) is 65.2 Å². The van der Waals surface area contributed by atoms with Crippen molar-refractivity contribution in [3.63, 3.8) is 0 Å². The van der Waals surface area contributed by atoms with Crippen LogP contribution in [0.4, 0.5) is 4.39 Å². The molecule has 31 heavy (non-hydrogen) atoms. The maximum atomic E-state index is 13.5. The van der Waals surface area contributed by atoms with Crippen molar-refractivity contribution in [2.75, 3.05) is 6.61 Å². The summed E-state index contributed by atoms with van der Waals surface area (Å²) in [5.74, 6) is 1.55. The molecule has 1 unspecified atom stereocenters. The molecule has 4 heteroatoms. The van der Waals surface area contributed by atoms with Crippen LogP contribution in [0.15, 0.2) is 36.7 Å². The lowest BCUT2D eigenvalue weighted by Gasteiger charge is -2.09. The number of rotatable bonds is 17. The fourth-order valence-corrected chi connectivity index (χ4v) is 3.75. The van der Waals surface area contributed by atoms with Crippen molar-refractivity contribution in [2.24, 2.45) is 0 Å². The van der Waals surface area contributed by atoms with Gasteiger partial charge in [-0.15, -0.1) is 0 Å². The number of nitrogens with zero attached hydrogens (tertiary/aromatic N) is 2. The van der Waals surface area contributed by atoms with E-state index in [0.717, 1.165) is 36.4 Å². The van der Waals surface area contributed by atoms with Gasteiger partial charge >= 0.3 is 0 Å². The van der Waals surface area contributed by atoms with E-state index in [1.807, 2.05) is 43.6 Å². The molecular formula is C27H41FN2O. The fraction of sp³-hybridized carbons (Fsp3) is 0.630. The molecule has 1 atom stereocenters. The Morgan fingerprint density at radius 2 is 1.42 bits per heavy atom. The molecule has 3 nitrogen and oxygen atoms in total. The number of hydrogen-bond acceptors (Lipinski definition) is 3. The first-order chi connectivity index (χ1) is 15.2. The van der Waals surface area contributed by atoms with E-state index in [1.54, 1.807) is 0 Å². The molecule has 0 amide bonds. The fourth-order valence-electron chi connectivity index (χ4n) is 3.75.